The zero-order valence-electron chi connectivity index (χ0n) is 16.1. The Hall–Kier alpha value is -3.84. The van der Waals surface area contributed by atoms with E-state index in [1.807, 2.05) is 55.5 Å². The van der Waals surface area contributed by atoms with Crippen molar-refractivity contribution in [2.75, 3.05) is 0 Å². The number of aromatic nitrogens is 4. The lowest BCUT2D eigenvalue weighted by atomic mass is 10.0. The fourth-order valence-electron chi connectivity index (χ4n) is 3.39. The SMILES string of the molecule is Cc1cc(N=C(c2ccccc2)c2c(O)[nH]c3cnc(-c4cncs4)cc23)ccn1. The second-order valence-electron chi connectivity index (χ2n) is 6.81. The van der Waals surface area contributed by atoms with Crippen molar-refractivity contribution in [2.24, 2.45) is 4.99 Å². The zero-order chi connectivity index (χ0) is 20.5. The number of nitrogens with one attached hydrogen (secondary N) is 1. The van der Waals surface area contributed by atoms with Crippen LogP contribution in [0.1, 0.15) is 16.8 Å². The van der Waals surface area contributed by atoms with Gasteiger partial charge in [-0.15, -0.1) is 11.3 Å². The van der Waals surface area contributed by atoms with Crippen LogP contribution in [0.4, 0.5) is 5.69 Å². The Labute approximate surface area is 176 Å². The Balaban J connectivity index is 1.77. The molecule has 0 amide bonds. The molecule has 0 fully saturated rings. The Kier molecular flexibility index (Phi) is 4.57. The average molecular weight is 411 g/mol. The number of rotatable bonds is 4. The molecule has 0 saturated carbocycles. The van der Waals surface area contributed by atoms with Crippen LogP contribution in [0.2, 0.25) is 0 Å². The maximum absolute atomic E-state index is 10.8. The molecule has 0 aliphatic heterocycles. The van der Waals surface area contributed by atoms with Crippen LogP contribution in [-0.2, 0) is 0 Å². The molecule has 5 rings (SSSR count). The van der Waals surface area contributed by atoms with Crippen molar-refractivity contribution in [1.82, 2.24) is 19.9 Å². The van der Waals surface area contributed by atoms with Gasteiger partial charge in [-0.3, -0.25) is 15.0 Å². The number of pyridine rings is 2. The minimum absolute atomic E-state index is 0.0571. The number of H-pyrrole nitrogens is 1. The average Bonchev–Trinajstić information content (AvgIpc) is 3.40. The third-order valence-corrected chi connectivity index (χ3v) is 5.55. The summed E-state index contributed by atoms with van der Waals surface area (Å²) in [6, 6.07) is 15.6. The van der Waals surface area contributed by atoms with E-state index in [0.29, 0.717) is 11.3 Å². The fourth-order valence-corrected chi connectivity index (χ4v) is 3.98. The molecule has 7 heteroatoms. The number of fused-ring (bicyclic) bond motifs is 1. The summed E-state index contributed by atoms with van der Waals surface area (Å²) >= 11 is 1.52. The standard InChI is InChI=1S/C23H17N5OS/c1-14-9-16(7-8-25-14)27-22(15-5-3-2-4-6-15)21-17-10-18(20-12-24-13-30-20)26-11-19(17)28-23(21)29/h2-13,28-29H,1H3. The van der Waals surface area contributed by atoms with Crippen molar-refractivity contribution in [2.45, 2.75) is 6.92 Å². The minimum Gasteiger partial charge on any atom is -0.494 e. The number of aliphatic imine (C=N–C) groups is 1. The molecular formula is C23H17N5OS. The van der Waals surface area contributed by atoms with E-state index in [9.17, 15) is 5.11 Å². The van der Waals surface area contributed by atoms with Crippen molar-refractivity contribution < 1.29 is 5.11 Å². The van der Waals surface area contributed by atoms with Crippen LogP contribution >= 0.6 is 11.3 Å². The van der Waals surface area contributed by atoms with Crippen molar-refractivity contribution in [3.63, 3.8) is 0 Å². The highest BCUT2D eigenvalue weighted by atomic mass is 32.1. The number of hydrogen-bond acceptors (Lipinski definition) is 6. The van der Waals surface area contributed by atoms with E-state index in [-0.39, 0.29) is 5.88 Å². The maximum Gasteiger partial charge on any atom is 0.199 e. The summed E-state index contributed by atoms with van der Waals surface area (Å²) in [7, 11) is 0. The van der Waals surface area contributed by atoms with Crippen LogP contribution in [0, 0.1) is 6.92 Å². The summed E-state index contributed by atoms with van der Waals surface area (Å²) < 4.78 is 0. The first-order valence-electron chi connectivity index (χ1n) is 9.36. The first-order chi connectivity index (χ1) is 14.7. The summed E-state index contributed by atoms with van der Waals surface area (Å²) in [4.78, 5) is 21.8. The number of hydrogen-bond donors (Lipinski definition) is 2. The van der Waals surface area contributed by atoms with Crippen molar-refractivity contribution in [3.05, 3.63) is 89.5 Å². The Morgan fingerprint density at radius 2 is 1.93 bits per heavy atom. The minimum atomic E-state index is 0.0571. The first kappa shape index (κ1) is 18.2. The van der Waals surface area contributed by atoms with Crippen molar-refractivity contribution in [1.29, 1.82) is 0 Å². The lowest BCUT2D eigenvalue weighted by Crippen LogP contribution is -2.03. The molecule has 4 aromatic heterocycles. The lowest BCUT2D eigenvalue weighted by Gasteiger charge is -2.08. The molecular weight excluding hydrogens is 394 g/mol. The van der Waals surface area contributed by atoms with Crippen LogP contribution in [0.5, 0.6) is 5.88 Å². The predicted molar refractivity (Wildman–Crippen MR) is 120 cm³/mol. The van der Waals surface area contributed by atoms with Gasteiger partial charge in [-0.1, -0.05) is 30.3 Å². The van der Waals surface area contributed by atoms with Crippen LogP contribution in [0.15, 0.2) is 77.6 Å². The highest BCUT2D eigenvalue weighted by Crippen LogP contribution is 2.34. The van der Waals surface area contributed by atoms with Crippen LogP contribution in [0.3, 0.4) is 0 Å². The molecule has 0 aliphatic rings. The summed E-state index contributed by atoms with van der Waals surface area (Å²) in [5, 5.41) is 11.7. The number of nitrogens with zero attached hydrogens (tertiary/aromatic N) is 4. The topological polar surface area (TPSA) is 87.0 Å². The van der Waals surface area contributed by atoms with E-state index < -0.39 is 0 Å². The maximum atomic E-state index is 10.8. The molecule has 0 spiro atoms. The molecule has 4 heterocycles. The van der Waals surface area contributed by atoms with Crippen LogP contribution < -0.4 is 0 Å². The zero-order valence-corrected chi connectivity index (χ0v) is 16.9. The molecule has 0 unspecified atom stereocenters. The Morgan fingerprint density at radius 3 is 2.70 bits per heavy atom. The van der Waals surface area contributed by atoms with Gasteiger partial charge in [-0.25, -0.2) is 4.99 Å². The van der Waals surface area contributed by atoms with Crippen LogP contribution in [0.25, 0.3) is 21.5 Å². The lowest BCUT2D eigenvalue weighted by molar-refractivity contribution is 0.457. The van der Waals surface area contributed by atoms with Gasteiger partial charge in [0.2, 0.25) is 0 Å². The normalized spacial score (nSPS) is 11.8. The van der Waals surface area contributed by atoms with E-state index in [1.54, 1.807) is 24.1 Å². The van der Waals surface area contributed by atoms with Gasteiger partial charge in [0.15, 0.2) is 5.88 Å². The highest BCUT2D eigenvalue weighted by molar-refractivity contribution is 7.13. The van der Waals surface area contributed by atoms with Gasteiger partial charge in [-0.05, 0) is 25.1 Å². The van der Waals surface area contributed by atoms with Crippen molar-refractivity contribution in [3.8, 4) is 16.5 Å². The molecule has 0 radical (unpaired) electrons. The van der Waals surface area contributed by atoms with Gasteiger partial charge in [0, 0.05) is 29.0 Å². The van der Waals surface area contributed by atoms with Gasteiger partial charge in [-0.2, -0.15) is 0 Å². The molecule has 0 saturated heterocycles. The first-order valence-corrected chi connectivity index (χ1v) is 10.2. The molecule has 0 bridgehead atoms. The number of aryl methyl sites for hydroxylation is 1. The molecule has 5 aromatic rings. The quantitative estimate of drug-likeness (QED) is 0.395. The number of thiazole rings is 1. The number of aromatic hydroxyl groups is 1. The molecule has 30 heavy (non-hydrogen) atoms. The number of aromatic amines is 1. The molecule has 0 atom stereocenters. The monoisotopic (exact) mass is 411 g/mol. The summed E-state index contributed by atoms with van der Waals surface area (Å²) in [6.45, 7) is 1.93. The van der Waals surface area contributed by atoms with E-state index in [0.717, 1.165) is 38.4 Å². The van der Waals surface area contributed by atoms with Gasteiger partial charge in [0.25, 0.3) is 0 Å². The van der Waals surface area contributed by atoms with Gasteiger partial charge >= 0.3 is 0 Å². The van der Waals surface area contributed by atoms with E-state index in [1.165, 1.54) is 11.3 Å². The van der Waals surface area contributed by atoms with Crippen LogP contribution in [-0.4, -0.2) is 30.8 Å². The van der Waals surface area contributed by atoms with Gasteiger partial charge in [0.05, 0.1) is 44.8 Å². The van der Waals surface area contributed by atoms with E-state index >= 15 is 0 Å². The van der Waals surface area contributed by atoms with Gasteiger partial charge in [0.1, 0.15) is 0 Å². The summed E-state index contributed by atoms with van der Waals surface area (Å²) in [6.07, 6.45) is 5.25. The molecule has 6 nitrogen and oxygen atoms in total. The van der Waals surface area contributed by atoms with E-state index in [2.05, 4.69) is 19.9 Å². The predicted octanol–water partition coefficient (Wildman–Crippen LogP) is 5.26. The second kappa shape index (κ2) is 7.53. The second-order valence-corrected chi connectivity index (χ2v) is 7.70. The smallest absolute Gasteiger partial charge is 0.199 e. The molecule has 146 valence electrons. The van der Waals surface area contributed by atoms with E-state index in [4.69, 9.17) is 4.99 Å². The third-order valence-electron chi connectivity index (χ3n) is 4.75. The van der Waals surface area contributed by atoms with Gasteiger partial charge < -0.3 is 10.1 Å². The molecule has 0 aliphatic carbocycles. The summed E-state index contributed by atoms with van der Waals surface area (Å²) in [5.74, 6) is 0.0571. The molecule has 1 aromatic carbocycles. The van der Waals surface area contributed by atoms with Crippen molar-refractivity contribution >= 4 is 33.6 Å². The Bertz CT molecular complexity index is 1360. The largest absolute Gasteiger partial charge is 0.494 e. The molecule has 2 N–H and O–H groups in total. The summed E-state index contributed by atoms with van der Waals surface area (Å²) in [5.41, 5.74) is 7.18. The highest BCUT2D eigenvalue weighted by Gasteiger charge is 2.20. The number of benzene rings is 1. The third kappa shape index (κ3) is 3.35. The fraction of sp³-hybridized carbons (Fsp3) is 0.0435. The Morgan fingerprint density at radius 1 is 1.07 bits per heavy atom.